The molecule has 0 aliphatic rings. The Balaban J connectivity index is 3.05. The molecular formula is C14H17ClN2O5. The molecule has 0 unspecified atom stereocenters. The number of hydrogen-bond donors (Lipinski definition) is 2. The van der Waals surface area contributed by atoms with Crippen LogP contribution in [0.5, 0.6) is 0 Å². The Labute approximate surface area is 132 Å². The molecule has 1 aromatic carbocycles. The molecule has 22 heavy (non-hydrogen) atoms. The van der Waals surface area contributed by atoms with E-state index in [4.69, 9.17) is 16.7 Å². The van der Waals surface area contributed by atoms with Crippen molar-refractivity contribution < 1.29 is 19.6 Å². The van der Waals surface area contributed by atoms with Crippen LogP contribution in [0.15, 0.2) is 18.2 Å². The molecule has 2 N–H and O–H groups in total. The van der Waals surface area contributed by atoms with Crippen LogP contribution in [0.1, 0.15) is 43.5 Å². The molecule has 120 valence electrons. The number of benzene rings is 1. The molecule has 0 saturated carbocycles. The Hall–Kier alpha value is -2.15. The number of nitro groups is 1. The molecule has 0 atom stereocenters. The van der Waals surface area contributed by atoms with Crippen LogP contribution in [0.4, 0.5) is 5.69 Å². The lowest BCUT2D eigenvalue weighted by Gasteiger charge is -2.31. The number of carboxylic acids is 1. The maximum absolute atomic E-state index is 12.3. The highest BCUT2D eigenvalue weighted by molar-refractivity contribution is 6.34. The maximum Gasteiger partial charge on any atom is 0.305 e. The Morgan fingerprint density at radius 2 is 1.95 bits per heavy atom. The minimum absolute atomic E-state index is 0.0527. The number of carboxylic acid groups (broad SMARTS) is 1. The second kappa shape index (κ2) is 7.22. The van der Waals surface area contributed by atoms with Gasteiger partial charge in [-0.1, -0.05) is 25.4 Å². The van der Waals surface area contributed by atoms with E-state index in [1.807, 2.05) is 0 Å². The molecule has 8 heteroatoms. The lowest BCUT2D eigenvalue weighted by Crippen LogP contribution is -2.49. The Bertz CT molecular complexity index is 599. The van der Waals surface area contributed by atoms with Crippen molar-refractivity contribution in [1.29, 1.82) is 0 Å². The summed E-state index contributed by atoms with van der Waals surface area (Å²) >= 11 is 5.91. The van der Waals surface area contributed by atoms with E-state index in [2.05, 4.69) is 5.32 Å². The van der Waals surface area contributed by atoms with Gasteiger partial charge in [0.2, 0.25) is 0 Å². The number of amides is 1. The van der Waals surface area contributed by atoms with Crippen LogP contribution in [0, 0.1) is 10.1 Å². The molecule has 1 aromatic rings. The van der Waals surface area contributed by atoms with Gasteiger partial charge >= 0.3 is 5.97 Å². The van der Waals surface area contributed by atoms with Gasteiger partial charge in [0.15, 0.2) is 0 Å². The predicted octanol–water partition coefficient (Wildman–Crippen LogP) is 3.01. The summed E-state index contributed by atoms with van der Waals surface area (Å²) in [5, 5.41) is 22.3. The molecule has 0 saturated heterocycles. The van der Waals surface area contributed by atoms with Crippen LogP contribution < -0.4 is 5.32 Å². The third-order valence-electron chi connectivity index (χ3n) is 3.63. The topological polar surface area (TPSA) is 110 Å². The molecule has 0 radical (unpaired) electrons. The van der Waals surface area contributed by atoms with E-state index in [0.29, 0.717) is 12.8 Å². The third-order valence-corrected chi connectivity index (χ3v) is 3.94. The second-order valence-corrected chi connectivity index (χ2v) is 5.34. The number of nitrogens with zero attached hydrogens (tertiary/aromatic N) is 1. The van der Waals surface area contributed by atoms with Gasteiger partial charge in [0.1, 0.15) is 0 Å². The number of carbonyl (C=O) groups excluding carboxylic acids is 1. The van der Waals surface area contributed by atoms with E-state index in [1.165, 1.54) is 12.1 Å². The molecule has 0 aliphatic heterocycles. The minimum atomic E-state index is -1.02. The van der Waals surface area contributed by atoms with Crippen LogP contribution >= 0.6 is 11.6 Å². The van der Waals surface area contributed by atoms with E-state index >= 15 is 0 Å². The Morgan fingerprint density at radius 1 is 1.36 bits per heavy atom. The summed E-state index contributed by atoms with van der Waals surface area (Å²) in [7, 11) is 0. The number of nitrogens with one attached hydrogen (secondary N) is 1. The third kappa shape index (κ3) is 4.17. The van der Waals surface area contributed by atoms with Gasteiger partial charge in [-0.2, -0.15) is 0 Å². The second-order valence-electron chi connectivity index (χ2n) is 4.93. The molecule has 0 aromatic heterocycles. The van der Waals surface area contributed by atoms with Crippen molar-refractivity contribution in [3.05, 3.63) is 38.9 Å². The summed E-state index contributed by atoms with van der Waals surface area (Å²) in [6.45, 7) is 3.56. The predicted molar refractivity (Wildman–Crippen MR) is 81.1 cm³/mol. The van der Waals surface area contributed by atoms with E-state index in [-0.39, 0.29) is 22.7 Å². The van der Waals surface area contributed by atoms with E-state index < -0.39 is 22.3 Å². The van der Waals surface area contributed by atoms with E-state index in [9.17, 15) is 19.7 Å². The first-order valence-electron chi connectivity index (χ1n) is 6.73. The monoisotopic (exact) mass is 328 g/mol. The zero-order valence-corrected chi connectivity index (χ0v) is 13.0. The minimum Gasteiger partial charge on any atom is -0.481 e. The normalized spacial score (nSPS) is 11.0. The summed E-state index contributed by atoms with van der Waals surface area (Å²) < 4.78 is 0. The van der Waals surface area contributed by atoms with Crippen molar-refractivity contribution in [2.24, 2.45) is 0 Å². The van der Waals surface area contributed by atoms with Gasteiger partial charge in [-0.15, -0.1) is 0 Å². The van der Waals surface area contributed by atoms with Crippen LogP contribution in [0.3, 0.4) is 0 Å². The molecule has 0 heterocycles. The van der Waals surface area contributed by atoms with E-state index in [1.54, 1.807) is 13.8 Å². The molecule has 7 nitrogen and oxygen atoms in total. The van der Waals surface area contributed by atoms with E-state index in [0.717, 1.165) is 6.07 Å². The lowest BCUT2D eigenvalue weighted by molar-refractivity contribution is -0.384. The number of halogens is 1. The van der Waals surface area contributed by atoms with Crippen molar-refractivity contribution in [3.63, 3.8) is 0 Å². The number of non-ortho nitro benzene ring substituents is 1. The summed E-state index contributed by atoms with van der Waals surface area (Å²) in [5.74, 6) is -1.57. The molecule has 0 fully saturated rings. The van der Waals surface area contributed by atoms with Gasteiger partial charge in [-0.25, -0.2) is 0 Å². The summed E-state index contributed by atoms with van der Waals surface area (Å²) in [6.07, 6.45) is 0.661. The van der Waals surface area contributed by atoms with Crippen molar-refractivity contribution in [2.45, 2.75) is 38.6 Å². The quantitative estimate of drug-likeness (QED) is 0.590. The average molecular weight is 329 g/mol. The first-order valence-corrected chi connectivity index (χ1v) is 7.10. The zero-order valence-electron chi connectivity index (χ0n) is 12.3. The highest BCUT2D eigenvalue weighted by Crippen LogP contribution is 2.25. The molecule has 0 aliphatic carbocycles. The Kier molecular flexibility index (Phi) is 5.87. The van der Waals surface area contributed by atoms with Gasteiger partial charge in [0.05, 0.1) is 27.5 Å². The van der Waals surface area contributed by atoms with Crippen molar-refractivity contribution in [2.75, 3.05) is 0 Å². The van der Waals surface area contributed by atoms with Crippen LogP contribution in [0.25, 0.3) is 0 Å². The fourth-order valence-electron chi connectivity index (χ4n) is 2.12. The number of nitro benzene ring substituents is 1. The van der Waals surface area contributed by atoms with Crippen molar-refractivity contribution in [1.82, 2.24) is 5.32 Å². The van der Waals surface area contributed by atoms with Gasteiger partial charge in [0.25, 0.3) is 11.6 Å². The van der Waals surface area contributed by atoms with Crippen molar-refractivity contribution in [3.8, 4) is 0 Å². The van der Waals surface area contributed by atoms with Gasteiger partial charge in [0, 0.05) is 12.1 Å². The number of hydrogen-bond acceptors (Lipinski definition) is 4. The first kappa shape index (κ1) is 17.9. The Morgan fingerprint density at radius 3 is 2.36 bits per heavy atom. The van der Waals surface area contributed by atoms with Gasteiger partial charge in [-0.05, 0) is 18.9 Å². The largest absolute Gasteiger partial charge is 0.481 e. The summed E-state index contributed by atoms with van der Waals surface area (Å²) in [5.41, 5.74) is -1.03. The number of rotatable bonds is 7. The summed E-state index contributed by atoms with van der Waals surface area (Å²) in [4.78, 5) is 33.3. The SMILES string of the molecule is CCC(CC)(CC(=O)O)NC(=O)c1ccc([N+](=O)[O-])cc1Cl. The standard InChI is InChI=1S/C14H17ClN2O5/c1-3-14(4-2,8-12(18)19)16-13(20)10-6-5-9(17(21)22)7-11(10)15/h5-7H,3-4,8H2,1-2H3,(H,16,20)(H,18,19). The fraction of sp³-hybridized carbons (Fsp3) is 0.429. The summed E-state index contributed by atoms with van der Waals surface area (Å²) in [6, 6.07) is 3.53. The van der Waals surface area contributed by atoms with Gasteiger partial charge in [-0.3, -0.25) is 19.7 Å². The van der Waals surface area contributed by atoms with Crippen LogP contribution in [0.2, 0.25) is 5.02 Å². The maximum atomic E-state index is 12.3. The highest BCUT2D eigenvalue weighted by Gasteiger charge is 2.32. The molecular weight excluding hydrogens is 312 g/mol. The van der Waals surface area contributed by atoms with Crippen LogP contribution in [-0.2, 0) is 4.79 Å². The molecule has 0 bridgehead atoms. The molecule has 0 spiro atoms. The smallest absolute Gasteiger partial charge is 0.305 e. The number of carbonyl (C=O) groups is 2. The number of aliphatic carboxylic acids is 1. The average Bonchev–Trinajstić information content (AvgIpc) is 2.45. The lowest BCUT2D eigenvalue weighted by atomic mass is 9.88. The molecule has 1 rings (SSSR count). The highest BCUT2D eigenvalue weighted by atomic mass is 35.5. The molecule has 1 amide bonds. The fourth-order valence-corrected chi connectivity index (χ4v) is 2.38. The van der Waals surface area contributed by atoms with Gasteiger partial charge < -0.3 is 10.4 Å². The van der Waals surface area contributed by atoms with Crippen LogP contribution in [-0.4, -0.2) is 27.4 Å². The van der Waals surface area contributed by atoms with Crippen molar-refractivity contribution >= 4 is 29.2 Å². The zero-order chi connectivity index (χ0) is 16.9. The first-order chi connectivity index (χ1) is 10.2.